The zero-order chi connectivity index (χ0) is 18.3. The molecule has 9 heteroatoms. The van der Waals surface area contributed by atoms with Crippen LogP contribution in [0.4, 0.5) is 26.3 Å². The number of rotatable bonds is 4. The molecule has 1 aliphatic rings. The molecule has 134 valence electrons. The first kappa shape index (κ1) is 18.6. The Morgan fingerprint density at radius 1 is 1.08 bits per heavy atom. The van der Waals surface area contributed by atoms with Crippen molar-refractivity contribution < 1.29 is 36.2 Å². The maximum Gasteiger partial charge on any atom is 0.416 e. The van der Waals surface area contributed by atoms with E-state index in [1.54, 1.807) is 0 Å². The van der Waals surface area contributed by atoms with E-state index in [1.807, 2.05) is 0 Å². The first-order chi connectivity index (χ1) is 10.8. The Morgan fingerprint density at radius 3 is 1.92 bits per heavy atom. The van der Waals surface area contributed by atoms with Crippen LogP contribution in [0.5, 0.6) is 0 Å². The van der Waals surface area contributed by atoms with Crippen molar-refractivity contribution in [3.8, 4) is 0 Å². The summed E-state index contributed by atoms with van der Waals surface area (Å²) in [6, 6.07) is 0.671. The Kier molecular flexibility index (Phi) is 4.60. The monoisotopic (exact) mass is 355 g/mol. The maximum absolute atomic E-state index is 12.7. The lowest BCUT2D eigenvalue weighted by Gasteiger charge is -2.23. The number of benzene rings is 1. The van der Waals surface area contributed by atoms with Crippen molar-refractivity contribution in [3.05, 3.63) is 34.9 Å². The molecule has 2 N–H and O–H groups in total. The van der Waals surface area contributed by atoms with Crippen LogP contribution in [-0.2, 0) is 12.4 Å². The molecule has 1 aromatic rings. The van der Waals surface area contributed by atoms with Gasteiger partial charge in [0.25, 0.3) is 5.91 Å². The second kappa shape index (κ2) is 5.94. The minimum atomic E-state index is -5.02. The average molecular weight is 355 g/mol. The van der Waals surface area contributed by atoms with Crippen molar-refractivity contribution >= 4 is 5.91 Å². The van der Waals surface area contributed by atoms with E-state index in [0.717, 1.165) is 12.8 Å². The molecule has 0 aromatic heterocycles. The molecule has 0 aliphatic heterocycles. The number of nitrogens with one attached hydrogen (secondary N) is 1. The van der Waals surface area contributed by atoms with E-state index in [4.69, 9.17) is 0 Å². The lowest BCUT2D eigenvalue weighted by atomic mass is 10.00. The van der Waals surface area contributed by atoms with Gasteiger partial charge in [-0.15, -0.1) is 0 Å². The van der Waals surface area contributed by atoms with Gasteiger partial charge in [-0.2, -0.15) is 26.3 Å². The van der Waals surface area contributed by atoms with Crippen LogP contribution >= 0.6 is 0 Å². The van der Waals surface area contributed by atoms with Crippen molar-refractivity contribution in [3.63, 3.8) is 0 Å². The zero-order valence-corrected chi connectivity index (χ0v) is 12.6. The van der Waals surface area contributed by atoms with Crippen molar-refractivity contribution in [2.45, 2.75) is 37.7 Å². The Balaban J connectivity index is 2.26. The molecule has 2 rings (SSSR count). The highest BCUT2D eigenvalue weighted by molar-refractivity contribution is 5.94. The molecule has 1 amide bonds. The molecule has 0 heterocycles. The number of carbonyl (C=O) groups is 1. The van der Waals surface area contributed by atoms with Crippen molar-refractivity contribution in [2.75, 3.05) is 6.54 Å². The van der Waals surface area contributed by atoms with Gasteiger partial charge in [-0.3, -0.25) is 4.79 Å². The van der Waals surface area contributed by atoms with Crippen LogP contribution in [-0.4, -0.2) is 23.2 Å². The molecular weight excluding hydrogens is 340 g/mol. The van der Waals surface area contributed by atoms with Gasteiger partial charge in [0.2, 0.25) is 0 Å². The molecule has 1 fully saturated rings. The summed E-state index contributed by atoms with van der Waals surface area (Å²) in [5.74, 6) is -1.14. The van der Waals surface area contributed by atoms with Crippen molar-refractivity contribution in [2.24, 2.45) is 5.92 Å². The van der Waals surface area contributed by atoms with E-state index in [0.29, 0.717) is 12.1 Å². The van der Waals surface area contributed by atoms with E-state index >= 15 is 0 Å². The molecule has 1 aromatic carbocycles. The predicted molar refractivity (Wildman–Crippen MR) is 72.1 cm³/mol. The van der Waals surface area contributed by atoms with Gasteiger partial charge in [0.15, 0.2) is 0 Å². The number of aliphatic hydroxyl groups is 1. The van der Waals surface area contributed by atoms with Crippen LogP contribution in [0.3, 0.4) is 0 Å². The normalized spacial score (nSPS) is 18.2. The summed E-state index contributed by atoms with van der Waals surface area (Å²) >= 11 is 0. The summed E-state index contributed by atoms with van der Waals surface area (Å²) in [6.07, 6.45) is -8.53. The Labute approximate surface area is 133 Å². The van der Waals surface area contributed by atoms with E-state index in [-0.39, 0.29) is 18.5 Å². The first-order valence-electron chi connectivity index (χ1n) is 7.11. The third-order valence-electron chi connectivity index (χ3n) is 3.91. The molecule has 0 unspecified atom stereocenters. The predicted octanol–water partition coefficient (Wildman–Crippen LogP) is 3.62. The number of halogens is 6. The Bertz CT molecular complexity index is 600. The fourth-order valence-electron chi connectivity index (χ4n) is 2.30. The highest BCUT2D eigenvalue weighted by Crippen LogP contribution is 2.39. The maximum atomic E-state index is 12.7. The molecule has 3 nitrogen and oxygen atoms in total. The van der Waals surface area contributed by atoms with Crippen LogP contribution < -0.4 is 5.32 Å². The lowest BCUT2D eigenvalue weighted by Crippen LogP contribution is -2.42. The third kappa shape index (κ3) is 4.40. The minimum Gasteiger partial charge on any atom is -0.388 e. The van der Waals surface area contributed by atoms with Crippen LogP contribution in [0.25, 0.3) is 0 Å². The van der Waals surface area contributed by atoms with Crippen LogP contribution in [0.1, 0.15) is 41.3 Å². The molecule has 1 aliphatic carbocycles. The van der Waals surface area contributed by atoms with Gasteiger partial charge in [-0.1, -0.05) is 0 Å². The standard InChI is InChI=1S/C15H15F6NO2/c1-13(24,9-2-3-9)7-22-12(23)8-4-10(14(16,17)18)6-11(5-8)15(19,20)21/h4-6,9,24H,2-3,7H2,1H3,(H,22,23)/t13-/m0/s1. The summed E-state index contributed by atoms with van der Waals surface area (Å²) in [5.41, 5.74) is -5.12. The van der Waals surface area contributed by atoms with Gasteiger partial charge in [0.1, 0.15) is 0 Å². The summed E-state index contributed by atoms with van der Waals surface area (Å²) < 4.78 is 76.5. The summed E-state index contributed by atoms with van der Waals surface area (Å²) in [4.78, 5) is 11.9. The number of hydrogen-bond donors (Lipinski definition) is 2. The van der Waals surface area contributed by atoms with Gasteiger partial charge >= 0.3 is 12.4 Å². The average Bonchev–Trinajstić information content (AvgIpc) is 3.27. The van der Waals surface area contributed by atoms with Crippen molar-refractivity contribution in [1.29, 1.82) is 0 Å². The van der Waals surface area contributed by atoms with Gasteiger partial charge in [-0.25, -0.2) is 0 Å². The van der Waals surface area contributed by atoms with E-state index < -0.39 is 40.6 Å². The molecule has 1 atom stereocenters. The fraction of sp³-hybridized carbons (Fsp3) is 0.533. The van der Waals surface area contributed by atoms with Gasteiger partial charge < -0.3 is 10.4 Å². The first-order valence-corrected chi connectivity index (χ1v) is 7.11. The van der Waals surface area contributed by atoms with Crippen LogP contribution in [0.2, 0.25) is 0 Å². The zero-order valence-electron chi connectivity index (χ0n) is 12.6. The molecule has 1 saturated carbocycles. The minimum absolute atomic E-state index is 0.0370. The summed E-state index contributed by atoms with van der Waals surface area (Å²) in [6.45, 7) is 1.20. The molecule has 0 saturated heterocycles. The molecular formula is C15H15F6NO2. The van der Waals surface area contributed by atoms with Gasteiger partial charge in [0.05, 0.1) is 16.7 Å². The molecule has 0 radical (unpaired) electrons. The molecule has 0 bridgehead atoms. The van der Waals surface area contributed by atoms with E-state index in [9.17, 15) is 36.2 Å². The molecule has 24 heavy (non-hydrogen) atoms. The topological polar surface area (TPSA) is 49.3 Å². The number of amides is 1. The fourth-order valence-corrected chi connectivity index (χ4v) is 2.30. The van der Waals surface area contributed by atoms with Crippen LogP contribution in [0.15, 0.2) is 18.2 Å². The van der Waals surface area contributed by atoms with Crippen LogP contribution in [0, 0.1) is 5.92 Å². The highest BCUT2D eigenvalue weighted by atomic mass is 19.4. The quantitative estimate of drug-likeness (QED) is 0.811. The SMILES string of the molecule is C[C@](O)(CNC(=O)c1cc(C(F)(F)F)cc(C(F)(F)F)c1)C1CC1. The number of alkyl halides is 6. The second-order valence-electron chi connectivity index (χ2n) is 6.11. The van der Waals surface area contributed by atoms with E-state index in [2.05, 4.69) is 5.32 Å². The second-order valence-corrected chi connectivity index (χ2v) is 6.11. The smallest absolute Gasteiger partial charge is 0.388 e. The Hall–Kier alpha value is -1.77. The summed E-state index contributed by atoms with van der Waals surface area (Å²) in [7, 11) is 0. The summed E-state index contributed by atoms with van der Waals surface area (Å²) in [5, 5.41) is 12.2. The highest BCUT2D eigenvalue weighted by Gasteiger charge is 2.40. The Morgan fingerprint density at radius 2 is 1.54 bits per heavy atom. The lowest BCUT2D eigenvalue weighted by molar-refractivity contribution is -0.143. The van der Waals surface area contributed by atoms with Crippen molar-refractivity contribution in [1.82, 2.24) is 5.32 Å². The largest absolute Gasteiger partial charge is 0.416 e. The molecule has 0 spiro atoms. The van der Waals surface area contributed by atoms with Gasteiger partial charge in [0, 0.05) is 12.1 Å². The third-order valence-corrected chi connectivity index (χ3v) is 3.91. The number of carbonyl (C=O) groups excluding carboxylic acids is 1. The van der Waals surface area contributed by atoms with Gasteiger partial charge in [-0.05, 0) is 43.9 Å². The number of hydrogen-bond acceptors (Lipinski definition) is 2. The van der Waals surface area contributed by atoms with E-state index in [1.165, 1.54) is 6.92 Å².